The average Bonchev–Trinajstić information content (AvgIpc) is 2.73. The number of nitrogens with zero attached hydrogens (tertiary/aromatic N) is 2. The molecule has 0 amide bonds. The molecule has 1 atom stereocenters. The van der Waals surface area contributed by atoms with Crippen molar-refractivity contribution in [3.63, 3.8) is 0 Å². The summed E-state index contributed by atoms with van der Waals surface area (Å²) in [7, 11) is 1.78. The first-order valence-electron chi connectivity index (χ1n) is 5.49. The van der Waals surface area contributed by atoms with Crippen LogP contribution in [0.1, 0.15) is 17.2 Å². The summed E-state index contributed by atoms with van der Waals surface area (Å²) in [5.41, 5.74) is 3.24. The van der Waals surface area contributed by atoms with Crippen LogP contribution in [0.2, 0.25) is 0 Å². The SMILES string of the molecule is Cn1cc(CC(NN)c2c(F)cccc2F)cn1. The predicted octanol–water partition coefficient (Wildman–Crippen LogP) is 1.45. The smallest absolute Gasteiger partial charge is 0.130 e. The van der Waals surface area contributed by atoms with E-state index < -0.39 is 17.7 Å². The van der Waals surface area contributed by atoms with Gasteiger partial charge in [-0.25, -0.2) is 8.78 Å². The van der Waals surface area contributed by atoms with E-state index in [1.165, 1.54) is 18.2 Å². The second-order valence-electron chi connectivity index (χ2n) is 4.08. The largest absolute Gasteiger partial charge is 0.276 e. The fraction of sp³-hybridized carbons (Fsp3) is 0.250. The van der Waals surface area contributed by atoms with Crippen LogP contribution in [0.25, 0.3) is 0 Å². The summed E-state index contributed by atoms with van der Waals surface area (Å²) in [5, 5.41) is 4.00. The van der Waals surface area contributed by atoms with Crippen LogP contribution in [0.4, 0.5) is 8.78 Å². The van der Waals surface area contributed by atoms with Gasteiger partial charge in [0, 0.05) is 18.8 Å². The van der Waals surface area contributed by atoms with Crippen LogP contribution >= 0.6 is 0 Å². The minimum Gasteiger partial charge on any atom is -0.276 e. The number of aryl methyl sites for hydroxylation is 1. The van der Waals surface area contributed by atoms with Gasteiger partial charge in [0.15, 0.2) is 0 Å². The van der Waals surface area contributed by atoms with Crippen molar-refractivity contribution in [3.05, 3.63) is 53.4 Å². The van der Waals surface area contributed by atoms with E-state index in [9.17, 15) is 8.78 Å². The lowest BCUT2D eigenvalue weighted by Crippen LogP contribution is -2.31. The Kier molecular flexibility index (Phi) is 3.69. The molecule has 2 aromatic rings. The zero-order chi connectivity index (χ0) is 13.1. The van der Waals surface area contributed by atoms with Crippen LogP contribution in [-0.4, -0.2) is 9.78 Å². The summed E-state index contributed by atoms with van der Waals surface area (Å²) in [4.78, 5) is 0. The molecule has 0 saturated heterocycles. The lowest BCUT2D eigenvalue weighted by molar-refractivity contribution is 0.473. The molecule has 1 aromatic carbocycles. The highest BCUT2D eigenvalue weighted by atomic mass is 19.1. The Morgan fingerprint density at radius 3 is 2.56 bits per heavy atom. The maximum absolute atomic E-state index is 13.6. The fourth-order valence-corrected chi connectivity index (χ4v) is 1.90. The van der Waals surface area contributed by atoms with Gasteiger partial charge in [0.05, 0.1) is 12.2 Å². The van der Waals surface area contributed by atoms with Gasteiger partial charge < -0.3 is 0 Å². The van der Waals surface area contributed by atoms with Gasteiger partial charge in [-0.2, -0.15) is 5.10 Å². The van der Waals surface area contributed by atoms with E-state index in [0.29, 0.717) is 6.42 Å². The number of hydrogen-bond acceptors (Lipinski definition) is 3. The van der Waals surface area contributed by atoms with Gasteiger partial charge in [-0.3, -0.25) is 16.0 Å². The minimum atomic E-state index is -0.629. The number of aromatic nitrogens is 2. The normalized spacial score (nSPS) is 12.7. The van der Waals surface area contributed by atoms with Gasteiger partial charge in [0.25, 0.3) is 0 Å². The van der Waals surface area contributed by atoms with Gasteiger partial charge in [0.1, 0.15) is 11.6 Å². The Balaban J connectivity index is 2.28. The van der Waals surface area contributed by atoms with Gasteiger partial charge in [-0.15, -0.1) is 0 Å². The Bertz CT molecular complexity index is 518. The molecule has 0 aliphatic rings. The highest BCUT2D eigenvalue weighted by Gasteiger charge is 2.19. The van der Waals surface area contributed by atoms with Gasteiger partial charge in [-0.1, -0.05) is 6.07 Å². The second kappa shape index (κ2) is 5.24. The van der Waals surface area contributed by atoms with Crippen molar-refractivity contribution in [1.29, 1.82) is 0 Å². The number of halogens is 2. The molecule has 1 unspecified atom stereocenters. The standard InChI is InChI=1S/C12H14F2N4/c1-18-7-8(6-16-18)5-11(17-15)12-9(13)3-2-4-10(12)14/h2-4,6-7,11,17H,5,15H2,1H3. The Morgan fingerprint density at radius 2 is 2.06 bits per heavy atom. The van der Waals surface area contributed by atoms with Crippen molar-refractivity contribution < 1.29 is 8.78 Å². The van der Waals surface area contributed by atoms with Crippen molar-refractivity contribution in [1.82, 2.24) is 15.2 Å². The topological polar surface area (TPSA) is 55.9 Å². The molecule has 96 valence electrons. The number of rotatable bonds is 4. The molecule has 0 bridgehead atoms. The lowest BCUT2D eigenvalue weighted by atomic mass is 10.0. The average molecular weight is 252 g/mol. The molecule has 6 heteroatoms. The molecule has 2 rings (SSSR count). The fourth-order valence-electron chi connectivity index (χ4n) is 1.90. The first kappa shape index (κ1) is 12.7. The van der Waals surface area contributed by atoms with E-state index in [1.807, 2.05) is 0 Å². The van der Waals surface area contributed by atoms with E-state index in [0.717, 1.165) is 5.56 Å². The number of nitrogens with one attached hydrogen (secondary N) is 1. The molecule has 0 spiro atoms. The summed E-state index contributed by atoms with van der Waals surface area (Å²) < 4.78 is 28.9. The quantitative estimate of drug-likeness (QED) is 0.639. The van der Waals surface area contributed by atoms with Crippen LogP contribution in [0.15, 0.2) is 30.6 Å². The molecule has 4 nitrogen and oxygen atoms in total. The van der Waals surface area contributed by atoms with E-state index >= 15 is 0 Å². The zero-order valence-electron chi connectivity index (χ0n) is 9.90. The molecule has 0 aliphatic carbocycles. The number of nitrogens with two attached hydrogens (primary N) is 1. The van der Waals surface area contributed by atoms with Crippen molar-refractivity contribution in [2.75, 3.05) is 0 Å². The number of benzene rings is 1. The molecule has 0 radical (unpaired) electrons. The first-order chi connectivity index (χ1) is 8.61. The summed E-state index contributed by atoms with van der Waals surface area (Å²) in [5.74, 6) is 4.17. The minimum absolute atomic E-state index is 0.0520. The molecule has 0 aliphatic heterocycles. The van der Waals surface area contributed by atoms with Gasteiger partial charge in [0.2, 0.25) is 0 Å². The maximum Gasteiger partial charge on any atom is 0.130 e. The Hall–Kier alpha value is -1.79. The lowest BCUT2D eigenvalue weighted by Gasteiger charge is -2.16. The van der Waals surface area contributed by atoms with Crippen molar-refractivity contribution >= 4 is 0 Å². The Labute approximate surface area is 103 Å². The highest BCUT2D eigenvalue weighted by Crippen LogP contribution is 2.23. The third-order valence-corrected chi connectivity index (χ3v) is 2.75. The van der Waals surface area contributed by atoms with Crippen LogP contribution < -0.4 is 11.3 Å². The Morgan fingerprint density at radius 1 is 1.39 bits per heavy atom. The highest BCUT2D eigenvalue weighted by molar-refractivity contribution is 5.25. The second-order valence-corrected chi connectivity index (χ2v) is 4.08. The number of hydrogen-bond donors (Lipinski definition) is 2. The predicted molar refractivity (Wildman–Crippen MR) is 63.3 cm³/mol. The van der Waals surface area contributed by atoms with Crippen molar-refractivity contribution in [2.24, 2.45) is 12.9 Å². The van der Waals surface area contributed by atoms with Crippen LogP contribution in [0, 0.1) is 11.6 Å². The van der Waals surface area contributed by atoms with E-state index in [1.54, 1.807) is 24.1 Å². The first-order valence-corrected chi connectivity index (χ1v) is 5.49. The summed E-state index contributed by atoms with van der Waals surface area (Å²) >= 11 is 0. The molecule has 1 heterocycles. The molecule has 0 saturated carbocycles. The van der Waals surface area contributed by atoms with Gasteiger partial charge >= 0.3 is 0 Å². The number of hydrazine groups is 1. The van der Waals surface area contributed by atoms with Crippen LogP contribution in [-0.2, 0) is 13.5 Å². The summed E-state index contributed by atoms with van der Waals surface area (Å²) in [6.07, 6.45) is 3.79. The van der Waals surface area contributed by atoms with E-state index in [2.05, 4.69) is 10.5 Å². The van der Waals surface area contributed by atoms with Crippen LogP contribution in [0.3, 0.4) is 0 Å². The van der Waals surface area contributed by atoms with Crippen molar-refractivity contribution in [2.45, 2.75) is 12.5 Å². The third kappa shape index (κ3) is 2.55. The van der Waals surface area contributed by atoms with Crippen molar-refractivity contribution in [3.8, 4) is 0 Å². The molecule has 1 aromatic heterocycles. The third-order valence-electron chi connectivity index (χ3n) is 2.75. The molecular weight excluding hydrogens is 238 g/mol. The van der Waals surface area contributed by atoms with Gasteiger partial charge in [-0.05, 0) is 24.1 Å². The van der Waals surface area contributed by atoms with E-state index in [-0.39, 0.29) is 5.56 Å². The monoisotopic (exact) mass is 252 g/mol. The molecular formula is C12H14F2N4. The zero-order valence-corrected chi connectivity index (χ0v) is 9.90. The summed E-state index contributed by atoms with van der Waals surface area (Å²) in [6.45, 7) is 0. The maximum atomic E-state index is 13.6. The summed E-state index contributed by atoms with van der Waals surface area (Å²) in [6, 6.07) is 3.12. The molecule has 3 N–H and O–H groups in total. The molecule has 18 heavy (non-hydrogen) atoms. The van der Waals surface area contributed by atoms with Crippen LogP contribution in [0.5, 0.6) is 0 Å². The van der Waals surface area contributed by atoms with E-state index in [4.69, 9.17) is 5.84 Å². The molecule has 0 fully saturated rings.